The average molecular weight is 340 g/mol. The van der Waals surface area contributed by atoms with E-state index in [1.165, 1.54) is 0 Å². The molecule has 0 fully saturated rings. The van der Waals surface area contributed by atoms with Crippen molar-refractivity contribution in [3.8, 4) is 0 Å². The van der Waals surface area contributed by atoms with E-state index >= 15 is 0 Å². The molecule has 0 saturated carbocycles. The Balaban J connectivity index is 2.12. The molecule has 6 heteroatoms. The second-order valence-corrected chi connectivity index (χ2v) is 5.68. The molecule has 6 nitrogen and oxygen atoms in total. The molecule has 3 N–H and O–H groups in total. The van der Waals surface area contributed by atoms with Crippen LogP contribution in [0.15, 0.2) is 36.4 Å². The van der Waals surface area contributed by atoms with Gasteiger partial charge in [-0.2, -0.15) is 0 Å². The van der Waals surface area contributed by atoms with Crippen LogP contribution in [0.25, 0.3) is 0 Å². The van der Waals surface area contributed by atoms with Gasteiger partial charge in [-0.1, -0.05) is 24.3 Å². The van der Waals surface area contributed by atoms with Crippen LogP contribution in [0.2, 0.25) is 0 Å². The molecule has 1 aliphatic rings. The minimum atomic E-state index is -0.193. The van der Waals surface area contributed by atoms with Crippen LogP contribution in [0.1, 0.15) is 31.8 Å². The molecule has 0 spiro atoms. The molecule has 25 heavy (non-hydrogen) atoms. The highest BCUT2D eigenvalue weighted by Crippen LogP contribution is 2.36. The normalized spacial score (nSPS) is 12.6. The zero-order valence-electron chi connectivity index (χ0n) is 14.0. The van der Waals surface area contributed by atoms with Gasteiger partial charge in [0, 0.05) is 42.7 Å². The van der Waals surface area contributed by atoms with Gasteiger partial charge in [-0.15, -0.1) is 0 Å². The Hall–Kier alpha value is -2.70. The number of methoxy groups -OCH3 is 1. The van der Waals surface area contributed by atoms with Crippen molar-refractivity contribution < 1.29 is 19.4 Å². The number of rotatable bonds is 7. The lowest BCUT2D eigenvalue weighted by molar-refractivity contribution is 0.0980. The van der Waals surface area contributed by atoms with Gasteiger partial charge in [0.25, 0.3) is 0 Å². The van der Waals surface area contributed by atoms with Crippen molar-refractivity contribution in [1.82, 2.24) is 0 Å². The molecular weight excluding hydrogens is 320 g/mol. The number of carbonyl (C=O) groups is 2. The quantitative estimate of drug-likeness (QED) is 0.570. The first-order valence-electron chi connectivity index (χ1n) is 8.12. The van der Waals surface area contributed by atoms with Gasteiger partial charge in [0.15, 0.2) is 11.6 Å². The van der Waals surface area contributed by atoms with Crippen LogP contribution in [0.4, 0.5) is 11.4 Å². The van der Waals surface area contributed by atoms with Gasteiger partial charge < -0.3 is 20.5 Å². The van der Waals surface area contributed by atoms with Crippen molar-refractivity contribution in [3.05, 3.63) is 58.7 Å². The third kappa shape index (κ3) is 3.14. The highest BCUT2D eigenvalue weighted by atomic mass is 16.5. The fourth-order valence-corrected chi connectivity index (χ4v) is 3.00. The van der Waals surface area contributed by atoms with E-state index in [-0.39, 0.29) is 18.2 Å². The molecule has 0 amide bonds. The van der Waals surface area contributed by atoms with Crippen molar-refractivity contribution in [3.63, 3.8) is 0 Å². The lowest BCUT2D eigenvalue weighted by atomic mass is 9.82. The summed E-state index contributed by atoms with van der Waals surface area (Å²) in [6.45, 7) is 1.24. The third-order valence-electron chi connectivity index (χ3n) is 4.12. The lowest BCUT2D eigenvalue weighted by Crippen LogP contribution is -2.25. The monoisotopic (exact) mass is 340 g/mol. The maximum atomic E-state index is 13.0. The first kappa shape index (κ1) is 17.1. The largest absolute Gasteiger partial charge is 0.395 e. The van der Waals surface area contributed by atoms with Crippen LogP contribution >= 0.6 is 0 Å². The highest BCUT2D eigenvalue weighted by Gasteiger charge is 2.33. The number of hydrogen-bond acceptors (Lipinski definition) is 6. The Morgan fingerprint density at radius 2 is 1.40 bits per heavy atom. The molecule has 3 rings (SSSR count). The maximum Gasteiger partial charge on any atom is 0.196 e. The smallest absolute Gasteiger partial charge is 0.196 e. The second-order valence-electron chi connectivity index (χ2n) is 5.68. The molecule has 0 heterocycles. The average Bonchev–Trinajstić information content (AvgIpc) is 2.64. The van der Waals surface area contributed by atoms with Crippen LogP contribution in [-0.2, 0) is 4.74 Å². The van der Waals surface area contributed by atoms with Crippen molar-refractivity contribution in [1.29, 1.82) is 0 Å². The predicted molar refractivity (Wildman–Crippen MR) is 95.7 cm³/mol. The number of aliphatic hydroxyl groups excluding tert-OH is 1. The molecule has 0 aromatic heterocycles. The number of benzene rings is 2. The first-order chi connectivity index (χ1) is 12.2. The van der Waals surface area contributed by atoms with E-state index in [1.807, 2.05) is 0 Å². The van der Waals surface area contributed by atoms with Crippen molar-refractivity contribution in [2.24, 2.45) is 0 Å². The van der Waals surface area contributed by atoms with Crippen LogP contribution in [0.5, 0.6) is 0 Å². The molecule has 0 saturated heterocycles. The Labute approximate surface area is 145 Å². The Morgan fingerprint density at radius 3 is 1.88 bits per heavy atom. The van der Waals surface area contributed by atoms with Crippen LogP contribution in [0.3, 0.4) is 0 Å². The van der Waals surface area contributed by atoms with Crippen molar-refractivity contribution in [2.75, 3.05) is 44.0 Å². The molecule has 0 radical (unpaired) electrons. The highest BCUT2D eigenvalue weighted by molar-refractivity contribution is 6.31. The number of ether oxygens (including phenoxy) is 1. The minimum absolute atomic E-state index is 0.0681. The van der Waals surface area contributed by atoms with Gasteiger partial charge in [0.1, 0.15) is 0 Å². The van der Waals surface area contributed by atoms with E-state index in [1.54, 1.807) is 43.5 Å². The molecule has 0 aliphatic heterocycles. The lowest BCUT2D eigenvalue weighted by Gasteiger charge is -2.23. The van der Waals surface area contributed by atoms with Gasteiger partial charge >= 0.3 is 0 Å². The molecule has 0 unspecified atom stereocenters. The summed E-state index contributed by atoms with van der Waals surface area (Å²) in [7, 11) is 1.60. The van der Waals surface area contributed by atoms with Gasteiger partial charge in [0.2, 0.25) is 0 Å². The Morgan fingerprint density at radius 1 is 0.880 bits per heavy atom. The zero-order valence-corrected chi connectivity index (χ0v) is 14.0. The first-order valence-corrected chi connectivity index (χ1v) is 8.12. The summed E-state index contributed by atoms with van der Waals surface area (Å²) in [4.78, 5) is 26.0. The molecule has 0 bridgehead atoms. The number of aliphatic hydroxyl groups is 1. The second kappa shape index (κ2) is 7.46. The molecular formula is C19H20N2O4. The molecule has 2 aromatic rings. The topological polar surface area (TPSA) is 87.7 Å². The Kier molecular flexibility index (Phi) is 5.11. The molecule has 0 atom stereocenters. The summed E-state index contributed by atoms with van der Waals surface area (Å²) in [5, 5.41) is 15.3. The summed E-state index contributed by atoms with van der Waals surface area (Å²) in [6.07, 6.45) is 0. The summed E-state index contributed by atoms with van der Waals surface area (Å²) >= 11 is 0. The molecule has 2 aromatic carbocycles. The number of hydrogen-bond donors (Lipinski definition) is 3. The van der Waals surface area contributed by atoms with Gasteiger partial charge in [-0.05, 0) is 12.1 Å². The standard InChI is InChI=1S/C19H20N2O4/c1-25-11-9-21-15-7-6-14(20-8-10-22)16-17(15)19(24)13-5-3-2-4-12(13)18(16)23/h2-7,20-22H,8-11H2,1H3. The molecule has 1 aliphatic carbocycles. The van der Waals surface area contributed by atoms with Crippen LogP contribution in [-0.4, -0.2) is 50.1 Å². The zero-order chi connectivity index (χ0) is 17.8. The van der Waals surface area contributed by atoms with E-state index in [0.717, 1.165) is 0 Å². The van der Waals surface area contributed by atoms with Gasteiger partial charge in [0.05, 0.1) is 24.3 Å². The fourth-order valence-electron chi connectivity index (χ4n) is 3.00. The van der Waals surface area contributed by atoms with E-state index in [9.17, 15) is 9.59 Å². The fraction of sp³-hybridized carbons (Fsp3) is 0.263. The number of fused-ring (bicyclic) bond motifs is 2. The van der Waals surface area contributed by atoms with Crippen molar-refractivity contribution in [2.45, 2.75) is 0 Å². The van der Waals surface area contributed by atoms with E-state index < -0.39 is 0 Å². The van der Waals surface area contributed by atoms with Crippen molar-refractivity contribution >= 4 is 22.9 Å². The number of nitrogens with one attached hydrogen (secondary N) is 2. The van der Waals surface area contributed by atoms with Crippen LogP contribution < -0.4 is 10.6 Å². The van der Waals surface area contributed by atoms with Crippen LogP contribution in [0, 0.1) is 0 Å². The Bertz CT molecular complexity index is 817. The third-order valence-corrected chi connectivity index (χ3v) is 4.12. The summed E-state index contributed by atoms with van der Waals surface area (Å²) in [6, 6.07) is 10.4. The number of carbonyl (C=O) groups excluding carboxylic acids is 2. The van der Waals surface area contributed by atoms with E-state index in [4.69, 9.17) is 9.84 Å². The number of anilines is 2. The summed E-state index contributed by atoms with van der Waals surface area (Å²) in [5.74, 6) is -0.376. The SMILES string of the molecule is COCCNc1ccc(NCCO)c2c1C(=O)c1ccccc1C2=O. The summed E-state index contributed by atoms with van der Waals surface area (Å²) in [5.41, 5.74) is 2.68. The van der Waals surface area contributed by atoms with E-state index in [2.05, 4.69) is 10.6 Å². The van der Waals surface area contributed by atoms with Gasteiger partial charge in [-0.3, -0.25) is 9.59 Å². The minimum Gasteiger partial charge on any atom is -0.395 e. The van der Waals surface area contributed by atoms with E-state index in [0.29, 0.717) is 53.3 Å². The maximum absolute atomic E-state index is 13.0. The predicted octanol–water partition coefficient (Wildman–Crippen LogP) is 1.92. The number of ketones is 2. The molecule has 130 valence electrons. The van der Waals surface area contributed by atoms with Gasteiger partial charge in [-0.25, -0.2) is 0 Å². The summed E-state index contributed by atoms with van der Waals surface area (Å²) < 4.78 is 5.03.